The molecule has 2 aromatic rings. The van der Waals surface area contributed by atoms with Gasteiger partial charge in [0, 0.05) is 5.38 Å². The van der Waals surface area contributed by atoms with Gasteiger partial charge >= 0.3 is 5.97 Å². The van der Waals surface area contributed by atoms with Gasteiger partial charge in [-0.25, -0.2) is 13.2 Å². The molecule has 8 heteroatoms. The van der Waals surface area contributed by atoms with Gasteiger partial charge in [0.15, 0.2) is 0 Å². The Hall–Kier alpha value is -2.06. The first kappa shape index (κ1) is 16.3. The first-order chi connectivity index (χ1) is 10.3. The summed E-state index contributed by atoms with van der Waals surface area (Å²) in [4.78, 5) is 11.1. The molecular formula is C14H15NO5S2. The molecule has 0 fully saturated rings. The average molecular weight is 341 g/mol. The third-order valence-corrected chi connectivity index (χ3v) is 5.12. The van der Waals surface area contributed by atoms with Crippen LogP contribution in [-0.2, 0) is 10.0 Å². The van der Waals surface area contributed by atoms with Crippen LogP contribution >= 0.6 is 11.3 Å². The summed E-state index contributed by atoms with van der Waals surface area (Å²) < 4.78 is 32.4. The highest BCUT2D eigenvalue weighted by atomic mass is 32.2. The van der Waals surface area contributed by atoms with E-state index in [-0.39, 0.29) is 16.2 Å². The van der Waals surface area contributed by atoms with Gasteiger partial charge in [0.25, 0.3) is 10.0 Å². The molecule has 0 spiro atoms. The number of anilines is 1. The van der Waals surface area contributed by atoms with Crippen molar-refractivity contribution in [1.82, 2.24) is 0 Å². The lowest BCUT2D eigenvalue weighted by Crippen LogP contribution is -2.14. The van der Waals surface area contributed by atoms with Crippen molar-refractivity contribution < 1.29 is 23.1 Å². The fourth-order valence-electron chi connectivity index (χ4n) is 1.79. The van der Waals surface area contributed by atoms with E-state index in [2.05, 4.69) is 4.72 Å². The van der Waals surface area contributed by atoms with Crippen LogP contribution in [0.2, 0.25) is 0 Å². The van der Waals surface area contributed by atoms with Gasteiger partial charge in [0.2, 0.25) is 0 Å². The average Bonchev–Trinajstić information content (AvgIpc) is 2.84. The number of rotatable bonds is 6. The van der Waals surface area contributed by atoms with E-state index in [1.165, 1.54) is 23.5 Å². The minimum atomic E-state index is -3.86. The molecule has 0 aliphatic rings. The van der Waals surface area contributed by atoms with E-state index < -0.39 is 16.0 Å². The molecule has 0 saturated carbocycles. The summed E-state index contributed by atoms with van der Waals surface area (Å²) in [7, 11) is -3.86. The second kappa shape index (κ2) is 6.37. The molecule has 0 unspecified atom stereocenters. The number of nitrogens with one attached hydrogen (secondary N) is 1. The lowest BCUT2D eigenvalue weighted by Gasteiger charge is -2.11. The van der Waals surface area contributed by atoms with Crippen LogP contribution in [0.1, 0.15) is 22.8 Å². The zero-order chi connectivity index (χ0) is 16.3. The van der Waals surface area contributed by atoms with E-state index in [0.717, 1.165) is 11.6 Å². The Labute approximate surface area is 132 Å². The number of sulfonamides is 1. The largest absolute Gasteiger partial charge is 0.493 e. The molecule has 6 nitrogen and oxygen atoms in total. The summed E-state index contributed by atoms with van der Waals surface area (Å²) in [6.45, 7) is 3.80. The van der Waals surface area contributed by atoms with Gasteiger partial charge in [-0.3, -0.25) is 4.72 Å². The lowest BCUT2D eigenvalue weighted by atomic mass is 10.2. The van der Waals surface area contributed by atoms with Crippen molar-refractivity contribution in [2.75, 3.05) is 11.3 Å². The molecule has 0 aliphatic heterocycles. The summed E-state index contributed by atoms with van der Waals surface area (Å²) >= 11 is 1.38. The number of benzene rings is 1. The zero-order valence-corrected chi connectivity index (χ0v) is 13.6. The van der Waals surface area contributed by atoms with Crippen LogP contribution in [0.15, 0.2) is 33.9 Å². The third-order valence-electron chi connectivity index (χ3n) is 2.89. The summed E-state index contributed by atoms with van der Waals surface area (Å²) in [6.07, 6.45) is 0. The summed E-state index contributed by atoms with van der Waals surface area (Å²) in [6, 6.07) is 3.76. The maximum atomic E-state index is 12.4. The van der Waals surface area contributed by atoms with E-state index in [0.29, 0.717) is 12.3 Å². The van der Waals surface area contributed by atoms with Gasteiger partial charge in [-0.2, -0.15) is 0 Å². The van der Waals surface area contributed by atoms with Gasteiger partial charge in [-0.15, -0.1) is 11.3 Å². The fraction of sp³-hybridized carbons (Fsp3) is 0.214. The Morgan fingerprint density at radius 3 is 2.64 bits per heavy atom. The minimum absolute atomic E-state index is 0.126. The predicted octanol–water partition coefficient (Wildman–Crippen LogP) is 2.95. The second-order valence-corrected chi connectivity index (χ2v) is 6.90. The molecule has 2 rings (SSSR count). The van der Waals surface area contributed by atoms with Crippen LogP contribution in [0, 0.1) is 6.92 Å². The summed E-state index contributed by atoms with van der Waals surface area (Å²) in [5, 5.41) is 12.7. The molecule has 22 heavy (non-hydrogen) atoms. The Bertz CT molecular complexity index is 795. The van der Waals surface area contributed by atoms with Gasteiger partial charge < -0.3 is 9.84 Å². The first-order valence-corrected chi connectivity index (χ1v) is 8.83. The summed E-state index contributed by atoms with van der Waals surface area (Å²) in [5.41, 5.74) is 1.10. The van der Waals surface area contributed by atoms with Crippen molar-refractivity contribution in [1.29, 1.82) is 0 Å². The first-order valence-electron chi connectivity index (χ1n) is 6.41. The highest BCUT2D eigenvalue weighted by Gasteiger charge is 2.20. The molecule has 0 amide bonds. The normalized spacial score (nSPS) is 11.2. The maximum absolute atomic E-state index is 12.4. The number of carbonyl (C=O) groups is 1. The van der Waals surface area contributed by atoms with E-state index in [9.17, 15) is 18.3 Å². The Balaban J connectivity index is 2.41. The quantitative estimate of drug-likeness (QED) is 0.842. The van der Waals surface area contributed by atoms with Gasteiger partial charge in [-0.05, 0) is 43.0 Å². The number of hydrogen-bond donors (Lipinski definition) is 2. The number of carboxylic acid groups (broad SMARTS) is 1. The highest BCUT2D eigenvalue weighted by molar-refractivity contribution is 7.92. The standard InChI is InChI=1S/C14H15NO5S2/c1-3-20-13-5-4-10(6-11(13)14(16)17)22(18,19)15-12-8-21-7-9(12)2/h4-8,15H,3H2,1-2H3,(H,16,17). The van der Waals surface area contributed by atoms with Crippen molar-refractivity contribution in [3.8, 4) is 5.75 Å². The molecule has 1 heterocycles. The van der Waals surface area contributed by atoms with Crippen LogP contribution < -0.4 is 9.46 Å². The van der Waals surface area contributed by atoms with Crippen LogP contribution in [0.3, 0.4) is 0 Å². The Kier molecular flexibility index (Phi) is 4.72. The predicted molar refractivity (Wildman–Crippen MR) is 84.4 cm³/mol. The van der Waals surface area contributed by atoms with E-state index in [1.54, 1.807) is 19.2 Å². The SMILES string of the molecule is CCOc1ccc(S(=O)(=O)Nc2cscc2C)cc1C(=O)O. The second-order valence-electron chi connectivity index (χ2n) is 4.47. The number of hydrogen-bond acceptors (Lipinski definition) is 5. The smallest absolute Gasteiger partial charge is 0.339 e. The van der Waals surface area contributed by atoms with Crippen molar-refractivity contribution in [2.24, 2.45) is 0 Å². The van der Waals surface area contributed by atoms with E-state index >= 15 is 0 Å². The summed E-state index contributed by atoms with van der Waals surface area (Å²) in [5.74, 6) is -1.10. The van der Waals surface area contributed by atoms with Crippen LogP contribution in [0.4, 0.5) is 5.69 Å². The Morgan fingerprint density at radius 2 is 2.09 bits per heavy atom. The number of aromatic carboxylic acids is 1. The van der Waals surface area contributed by atoms with Crippen molar-refractivity contribution in [3.63, 3.8) is 0 Å². The molecule has 2 N–H and O–H groups in total. The fourth-order valence-corrected chi connectivity index (χ4v) is 3.80. The minimum Gasteiger partial charge on any atom is -0.493 e. The molecule has 0 saturated heterocycles. The lowest BCUT2D eigenvalue weighted by molar-refractivity contribution is 0.0692. The number of carboxylic acids is 1. The van der Waals surface area contributed by atoms with Gasteiger partial charge in [0.1, 0.15) is 11.3 Å². The third kappa shape index (κ3) is 3.40. The van der Waals surface area contributed by atoms with Gasteiger partial charge in [-0.1, -0.05) is 0 Å². The molecule has 0 aliphatic carbocycles. The van der Waals surface area contributed by atoms with Gasteiger partial charge in [0.05, 0.1) is 17.2 Å². The van der Waals surface area contributed by atoms with Crippen LogP contribution in [-0.4, -0.2) is 26.1 Å². The highest BCUT2D eigenvalue weighted by Crippen LogP contribution is 2.26. The molecule has 0 bridgehead atoms. The van der Waals surface area contributed by atoms with E-state index in [4.69, 9.17) is 4.74 Å². The number of aryl methyl sites for hydroxylation is 1. The van der Waals surface area contributed by atoms with Crippen molar-refractivity contribution in [3.05, 3.63) is 40.1 Å². The molecule has 0 atom stereocenters. The van der Waals surface area contributed by atoms with Crippen LogP contribution in [0.25, 0.3) is 0 Å². The molecule has 1 aromatic heterocycles. The maximum Gasteiger partial charge on any atom is 0.339 e. The monoisotopic (exact) mass is 341 g/mol. The molecular weight excluding hydrogens is 326 g/mol. The topological polar surface area (TPSA) is 92.7 Å². The van der Waals surface area contributed by atoms with Crippen molar-refractivity contribution in [2.45, 2.75) is 18.7 Å². The molecule has 1 aromatic carbocycles. The molecule has 118 valence electrons. The van der Waals surface area contributed by atoms with Crippen molar-refractivity contribution >= 4 is 33.0 Å². The molecule has 0 radical (unpaired) electrons. The number of ether oxygens (including phenoxy) is 1. The van der Waals surface area contributed by atoms with E-state index in [1.807, 2.05) is 5.38 Å². The number of thiophene rings is 1. The Morgan fingerprint density at radius 1 is 1.36 bits per heavy atom. The van der Waals surface area contributed by atoms with Crippen LogP contribution in [0.5, 0.6) is 5.75 Å². The zero-order valence-electron chi connectivity index (χ0n) is 12.0.